The van der Waals surface area contributed by atoms with E-state index >= 15 is 0 Å². The molecule has 0 amide bonds. The fraction of sp³-hybridized carbons (Fsp3) is 0.200. The molecule has 0 unspecified atom stereocenters. The number of nitrogens with zero attached hydrogens (tertiary/aromatic N) is 1. The summed E-state index contributed by atoms with van der Waals surface area (Å²) in [7, 11) is 2.80. The average Bonchev–Trinajstić information content (AvgIpc) is 2.53. The molecule has 0 spiro atoms. The molecule has 0 aliphatic heterocycles. The Morgan fingerprint density at radius 2 is 1.68 bits per heavy atom. The lowest BCUT2D eigenvalue weighted by Gasteiger charge is -2.15. The van der Waals surface area contributed by atoms with E-state index in [0.717, 1.165) is 0 Å². The molecular weight excluding hydrogens is 310 g/mol. The van der Waals surface area contributed by atoms with Crippen LogP contribution >= 0.6 is 11.6 Å². The molecule has 2 aromatic rings. The first-order chi connectivity index (χ1) is 10.5. The normalized spacial score (nSPS) is 11.8. The van der Waals surface area contributed by atoms with Crippen molar-refractivity contribution in [1.82, 2.24) is 0 Å². The molecule has 1 N–H and O–H groups in total. The number of aliphatic hydroxyl groups is 1. The Morgan fingerprint density at radius 3 is 2.18 bits per heavy atom. The van der Waals surface area contributed by atoms with E-state index in [2.05, 4.69) is 0 Å². The zero-order valence-electron chi connectivity index (χ0n) is 11.9. The van der Waals surface area contributed by atoms with Crippen molar-refractivity contribution in [3.05, 3.63) is 62.7 Å². The van der Waals surface area contributed by atoms with Crippen molar-refractivity contribution in [2.45, 2.75) is 6.10 Å². The highest BCUT2D eigenvalue weighted by molar-refractivity contribution is 6.30. The SMILES string of the molecule is COc1cc([C@@H](O)c2ccc(Cl)cc2)c([N+](=O)[O-])cc1OC. The largest absolute Gasteiger partial charge is 0.493 e. The smallest absolute Gasteiger partial charge is 0.279 e. The van der Waals surface area contributed by atoms with Crippen LogP contribution in [0.1, 0.15) is 17.2 Å². The van der Waals surface area contributed by atoms with Crippen LogP contribution in [0.5, 0.6) is 11.5 Å². The van der Waals surface area contributed by atoms with Crippen LogP contribution < -0.4 is 9.47 Å². The minimum absolute atomic E-state index is 0.116. The first kappa shape index (κ1) is 16.1. The van der Waals surface area contributed by atoms with Gasteiger partial charge in [-0.25, -0.2) is 0 Å². The zero-order chi connectivity index (χ0) is 16.3. The van der Waals surface area contributed by atoms with E-state index in [9.17, 15) is 15.2 Å². The van der Waals surface area contributed by atoms with E-state index in [4.69, 9.17) is 21.1 Å². The van der Waals surface area contributed by atoms with Crippen molar-refractivity contribution < 1.29 is 19.5 Å². The molecule has 0 aliphatic carbocycles. The van der Waals surface area contributed by atoms with Crippen LogP contribution in [0.2, 0.25) is 5.02 Å². The van der Waals surface area contributed by atoms with Crippen LogP contribution in [-0.4, -0.2) is 24.2 Å². The molecular formula is C15H14ClNO5. The van der Waals surface area contributed by atoms with Crippen molar-refractivity contribution in [2.24, 2.45) is 0 Å². The molecule has 7 heteroatoms. The Balaban J connectivity index is 2.56. The molecule has 0 saturated heterocycles. The molecule has 0 bridgehead atoms. The van der Waals surface area contributed by atoms with Crippen LogP contribution in [0.15, 0.2) is 36.4 Å². The fourth-order valence-electron chi connectivity index (χ4n) is 2.09. The Hall–Kier alpha value is -2.31. The Kier molecular flexibility index (Phi) is 4.85. The van der Waals surface area contributed by atoms with Gasteiger partial charge in [0, 0.05) is 5.02 Å². The first-order valence-electron chi connectivity index (χ1n) is 6.31. The molecule has 0 fully saturated rings. The lowest BCUT2D eigenvalue weighted by Crippen LogP contribution is -2.05. The zero-order valence-corrected chi connectivity index (χ0v) is 12.7. The monoisotopic (exact) mass is 323 g/mol. The van der Waals surface area contributed by atoms with Gasteiger partial charge < -0.3 is 14.6 Å². The van der Waals surface area contributed by atoms with Crippen molar-refractivity contribution in [3.8, 4) is 11.5 Å². The van der Waals surface area contributed by atoms with Crippen LogP contribution in [0.3, 0.4) is 0 Å². The predicted molar refractivity (Wildman–Crippen MR) is 81.7 cm³/mol. The van der Waals surface area contributed by atoms with Crippen LogP contribution in [0, 0.1) is 10.1 Å². The van der Waals surface area contributed by atoms with E-state index in [1.54, 1.807) is 24.3 Å². The van der Waals surface area contributed by atoms with Gasteiger partial charge in [0.05, 0.1) is 30.8 Å². The number of hydrogen-bond acceptors (Lipinski definition) is 5. The quantitative estimate of drug-likeness (QED) is 0.674. The fourth-order valence-corrected chi connectivity index (χ4v) is 2.21. The molecule has 0 saturated carbocycles. The second kappa shape index (κ2) is 6.64. The molecule has 0 aromatic heterocycles. The molecule has 0 aliphatic rings. The number of hydrogen-bond donors (Lipinski definition) is 1. The van der Waals surface area contributed by atoms with E-state index in [1.165, 1.54) is 26.4 Å². The average molecular weight is 324 g/mol. The summed E-state index contributed by atoms with van der Waals surface area (Å²) >= 11 is 5.80. The third-order valence-electron chi connectivity index (χ3n) is 3.21. The number of aliphatic hydroxyl groups excluding tert-OH is 1. The number of nitro groups is 1. The lowest BCUT2D eigenvalue weighted by atomic mass is 9.99. The van der Waals surface area contributed by atoms with Crippen molar-refractivity contribution in [3.63, 3.8) is 0 Å². The van der Waals surface area contributed by atoms with Gasteiger partial charge in [0.25, 0.3) is 5.69 Å². The summed E-state index contributed by atoms with van der Waals surface area (Å²) in [5, 5.41) is 22.2. The van der Waals surface area contributed by atoms with Gasteiger partial charge in [-0.15, -0.1) is 0 Å². The second-order valence-electron chi connectivity index (χ2n) is 4.48. The molecule has 1 atom stereocenters. The molecule has 0 heterocycles. The molecule has 116 valence electrons. The topological polar surface area (TPSA) is 81.8 Å². The van der Waals surface area contributed by atoms with E-state index in [1.807, 2.05) is 0 Å². The van der Waals surface area contributed by atoms with Crippen molar-refractivity contribution >= 4 is 17.3 Å². The first-order valence-corrected chi connectivity index (χ1v) is 6.69. The summed E-state index contributed by atoms with van der Waals surface area (Å²) in [6, 6.07) is 9.05. The third-order valence-corrected chi connectivity index (χ3v) is 3.46. The molecule has 22 heavy (non-hydrogen) atoms. The highest BCUT2D eigenvalue weighted by atomic mass is 35.5. The van der Waals surface area contributed by atoms with E-state index < -0.39 is 11.0 Å². The van der Waals surface area contributed by atoms with Crippen molar-refractivity contribution in [2.75, 3.05) is 14.2 Å². The maximum absolute atomic E-state index is 11.3. The number of ether oxygens (including phenoxy) is 2. The highest BCUT2D eigenvalue weighted by Gasteiger charge is 2.25. The number of nitro benzene ring substituents is 1. The Morgan fingerprint density at radius 1 is 1.14 bits per heavy atom. The van der Waals surface area contributed by atoms with Gasteiger partial charge in [0.2, 0.25) is 0 Å². The van der Waals surface area contributed by atoms with Crippen LogP contribution in [0.4, 0.5) is 5.69 Å². The number of methoxy groups -OCH3 is 2. The predicted octanol–water partition coefficient (Wildman–Crippen LogP) is 3.35. The number of halogens is 1. The standard InChI is InChI=1S/C15H14ClNO5/c1-21-13-7-11(12(17(19)20)8-14(13)22-2)15(18)9-3-5-10(16)6-4-9/h3-8,15,18H,1-2H3/t15-/m0/s1. The summed E-state index contributed by atoms with van der Waals surface area (Å²) in [6.45, 7) is 0. The van der Waals surface area contributed by atoms with E-state index in [0.29, 0.717) is 16.3 Å². The van der Waals surface area contributed by atoms with Gasteiger partial charge in [-0.3, -0.25) is 10.1 Å². The van der Waals surface area contributed by atoms with Crippen molar-refractivity contribution in [1.29, 1.82) is 0 Å². The lowest BCUT2D eigenvalue weighted by molar-refractivity contribution is -0.386. The van der Waals surface area contributed by atoms with Crippen LogP contribution in [-0.2, 0) is 0 Å². The minimum Gasteiger partial charge on any atom is -0.493 e. The summed E-state index contributed by atoms with van der Waals surface area (Å²) in [5.74, 6) is 0.525. The van der Waals surface area contributed by atoms with E-state index in [-0.39, 0.29) is 17.0 Å². The molecule has 0 radical (unpaired) electrons. The number of rotatable bonds is 5. The van der Waals surface area contributed by atoms with Gasteiger partial charge in [-0.05, 0) is 23.8 Å². The van der Waals surface area contributed by atoms with Gasteiger partial charge >= 0.3 is 0 Å². The van der Waals surface area contributed by atoms with Gasteiger partial charge in [-0.2, -0.15) is 0 Å². The Bertz CT molecular complexity index is 687. The number of benzene rings is 2. The summed E-state index contributed by atoms with van der Waals surface area (Å²) < 4.78 is 10.2. The summed E-state index contributed by atoms with van der Waals surface area (Å²) in [5.41, 5.74) is 0.352. The molecule has 2 aromatic carbocycles. The maximum atomic E-state index is 11.3. The van der Waals surface area contributed by atoms with Gasteiger partial charge in [-0.1, -0.05) is 23.7 Å². The Labute approximate surface area is 132 Å². The van der Waals surface area contributed by atoms with Gasteiger partial charge in [0.1, 0.15) is 6.10 Å². The maximum Gasteiger partial charge on any atom is 0.279 e. The third kappa shape index (κ3) is 3.13. The molecule has 2 rings (SSSR count). The summed E-state index contributed by atoms with van der Waals surface area (Å²) in [6.07, 6.45) is -1.18. The second-order valence-corrected chi connectivity index (χ2v) is 4.91. The minimum atomic E-state index is -1.18. The molecule has 6 nitrogen and oxygen atoms in total. The van der Waals surface area contributed by atoms with Gasteiger partial charge in [0.15, 0.2) is 11.5 Å². The van der Waals surface area contributed by atoms with Crippen LogP contribution in [0.25, 0.3) is 0 Å². The highest BCUT2D eigenvalue weighted by Crippen LogP contribution is 2.39. The summed E-state index contributed by atoms with van der Waals surface area (Å²) in [4.78, 5) is 10.7.